The van der Waals surface area contributed by atoms with E-state index in [9.17, 15) is 24.0 Å². The summed E-state index contributed by atoms with van der Waals surface area (Å²) in [5.41, 5.74) is 12.0. The first-order valence-corrected chi connectivity index (χ1v) is 14.7. The lowest BCUT2D eigenvalue weighted by atomic mass is 10.1. The van der Waals surface area contributed by atoms with Gasteiger partial charge in [-0.3, -0.25) is 24.1 Å². The highest BCUT2D eigenvalue weighted by molar-refractivity contribution is 5.93. The number of amides is 4. The summed E-state index contributed by atoms with van der Waals surface area (Å²) in [6.07, 6.45) is 5.88. The molecule has 0 aliphatic carbocycles. The number of nitrogens with two attached hydrogens (primary N) is 2. The van der Waals surface area contributed by atoms with E-state index in [1.54, 1.807) is 13.8 Å². The molecule has 1 fully saturated rings. The highest BCUT2D eigenvalue weighted by Crippen LogP contribution is 2.20. The Bertz CT molecular complexity index is 1070. The van der Waals surface area contributed by atoms with Crippen molar-refractivity contribution in [3.05, 3.63) is 48.0 Å². The Morgan fingerprint density at radius 1 is 1.05 bits per heavy atom. The first-order chi connectivity index (χ1) is 20.1. The fourth-order valence-corrected chi connectivity index (χ4v) is 4.75. The summed E-state index contributed by atoms with van der Waals surface area (Å²) < 4.78 is 4.88. The van der Waals surface area contributed by atoms with Crippen molar-refractivity contribution in [2.45, 2.75) is 89.5 Å². The second-order valence-corrected chi connectivity index (χ2v) is 10.4. The average molecular weight is 587 g/mol. The summed E-state index contributed by atoms with van der Waals surface area (Å²) in [5, 5.41) is 8.33. The molecular formula is C30H46N6O6. The Labute approximate surface area is 248 Å². The molecule has 12 heteroatoms. The number of primary amides is 1. The van der Waals surface area contributed by atoms with Crippen LogP contribution in [0.15, 0.2) is 42.5 Å². The Morgan fingerprint density at radius 2 is 1.79 bits per heavy atom. The van der Waals surface area contributed by atoms with Gasteiger partial charge in [0.25, 0.3) is 0 Å². The lowest BCUT2D eigenvalue weighted by molar-refractivity contribution is -0.137. The number of ether oxygens (including phenoxy) is 1. The summed E-state index contributed by atoms with van der Waals surface area (Å²) in [5.74, 6) is -2.37. The monoisotopic (exact) mass is 586 g/mol. The van der Waals surface area contributed by atoms with E-state index in [1.165, 1.54) is 12.2 Å². The number of benzene rings is 1. The molecule has 1 heterocycles. The van der Waals surface area contributed by atoms with Crippen LogP contribution in [0.2, 0.25) is 0 Å². The van der Waals surface area contributed by atoms with Crippen molar-refractivity contribution in [3.63, 3.8) is 0 Å². The van der Waals surface area contributed by atoms with Crippen molar-refractivity contribution >= 4 is 29.6 Å². The highest BCUT2D eigenvalue weighted by atomic mass is 16.5. The van der Waals surface area contributed by atoms with Crippen LogP contribution in [0.1, 0.15) is 64.4 Å². The van der Waals surface area contributed by atoms with Gasteiger partial charge in [-0.2, -0.15) is 0 Å². The van der Waals surface area contributed by atoms with Gasteiger partial charge in [0.2, 0.25) is 23.6 Å². The largest absolute Gasteiger partial charge is 0.463 e. The van der Waals surface area contributed by atoms with E-state index < -0.39 is 41.8 Å². The van der Waals surface area contributed by atoms with Crippen LogP contribution in [0, 0.1) is 0 Å². The number of nitrogens with zero attached hydrogens (tertiary/aromatic N) is 1. The third-order valence-corrected chi connectivity index (χ3v) is 7.01. The Balaban J connectivity index is 2.03. The van der Waals surface area contributed by atoms with Gasteiger partial charge in [0, 0.05) is 25.1 Å². The second kappa shape index (κ2) is 18.6. The summed E-state index contributed by atoms with van der Waals surface area (Å²) >= 11 is 0. The van der Waals surface area contributed by atoms with E-state index in [0.717, 1.165) is 18.5 Å². The zero-order chi connectivity index (χ0) is 30.9. The van der Waals surface area contributed by atoms with E-state index in [4.69, 9.17) is 16.2 Å². The lowest BCUT2D eigenvalue weighted by Crippen LogP contribution is -2.55. The number of hydrogen-bond acceptors (Lipinski definition) is 8. The van der Waals surface area contributed by atoms with Crippen molar-refractivity contribution in [2.75, 3.05) is 19.7 Å². The molecule has 4 amide bonds. The Morgan fingerprint density at radius 3 is 2.45 bits per heavy atom. The molecule has 232 valence electrons. The lowest BCUT2D eigenvalue weighted by Gasteiger charge is -2.26. The van der Waals surface area contributed by atoms with Crippen molar-refractivity contribution in [2.24, 2.45) is 11.5 Å². The first kappa shape index (κ1) is 34.4. The summed E-state index contributed by atoms with van der Waals surface area (Å²) in [7, 11) is 0. The Kier molecular flexibility index (Phi) is 15.3. The number of hydrogen-bond donors (Lipinski definition) is 5. The number of rotatable bonds is 18. The molecule has 1 aliphatic rings. The van der Waals surface area contributed by atoms with Gasteiger partial charge in [0.15, 0.2) is 0 Å². The van der Waals surface area contributed by atoms with Gasteiger partial charge in [-0.05, 0) is 71.0 Å². The average Bonchev–Trinajstić information content (AvgIpc) is 3.42. The molecular weight excluding hydrogens is 540 g/mol. The molecule has 1 aromatic carbocycles. The molecule has 0 aromatic heterocycles. The quantitative estimate of drug-likeness (QED) is 0.0942. The van der Waals surface area contributed by atoms with Gasteiger partial charge >= 0.3 is 5.97 Å². The fourth-order valence-electron chi connectivity index (χ4n) is 4.75. The molecule has 0 radical (unpaired) electrons. The maximum absolute atomic E-state index is 13.3. The van der Waals surface area contributed by atoms with Gasteiger partial charge in [-0.25, -0.2) is 4.79 Å². The number of esters is 1. The number of nitrogens with one attached hydrogen (secondary N) is 3. The predicted octanol–water partition coefficient (Wildman–Crippen LogP) is 0.639. The van der Waals surface area contributed by atoms with Crippen LogP contribution in [0.25, 0.3) is 0 Å². The smallest absolute Gasteiger partial charge is 0.330 e. The predicted molar refractivity (Wildman–Crippen MR) is 158 cm³/mol. The van der Waals surface area contributed by atoms with Crippen LogP contribution < -0.4 is 27.4 Å². The standard InChI is InChI=1S/C30H46N6O6/c1-3-42-27(38)17-15-23(14-16-26(32)37)34-29(40)24(12-7-8-18-31)35-28(39)21(2)33-30(41)25-13-9-19-36(25)20-22-10-5-4-6-11-22/h4-6,10-11,15,17,21,23-25H,3,7-9,12-14,16,18-20,31H2,1-2H3,(H2,32,37)(H,33,41)(H,34,40)(H,35,39)/b17-15+/t21-,23-,24-,25-/m0/s1. The third-order valence-electron chi connectivity index (χ3n) is 7.01. The third kappa shape index (κ3) is 12.4. The van der Waals surface area contributed by atoms with Crippen molar-refractivity contribution in [1.29, 1.82) is 0 Å². The number of carbonyl (C=O) groups is 5. The Hall–Kier alpha value is -3.77. The molecule has 4 atom stereocenters. The molecule has 7 N–H and O–H groups in total. The minimum absolute atomic E-state index is 0.0200. The number of unbranched alkanes of at least 4 members (excludes halogenated alkanes) is 1. The van der Waals surface area contributed by atoms with Crippen LogP contribution in [-0.2, 0) is 35.3 Å². The van der Waals surface area contributed by atoms with E-state index in [1.807, 2.05) is 30.3 Å². The van der Waals surface area contributed by atoms with Crippen molar-refractivity contribution in [1.82, 2.24) is 20.9 Å². The molecule has 1 aromatic rings. The first-order valence-electron chi connectivity index (χ1n) is 14.7. The van der Waals surface area contributed by atoms with Gasteiger partial charge in [0.05, 0.1) is 12.6 Å². The maximum atomic E-state index is 13.3. The van der Waals surface area contributed by atoms with E-state index in [0.29, 0.717) is 38.8 Å². The summed E-state index contributed by atoms with van der Waals surface area (Å²) in [4.78, 5) is 64.7. The molecule has 1 aliphatic heterocycles. The zero-order valence-electron chi connectivity index (χ0n) is 24.7. The fraction of sp³-hybridized carbons (Fsp3) is 0.567. The molecule has 0 saturated carbocycles. The molecule has 0 bridgehead atoms. The van der Waals surface area contributed by atoms with E-state index in [-0.39, 0.29) is 31.4 Å². The highest BCUT2D eigenvalue weighted by Gasteiger charge is 2.33. The van der Waals surface area contributed by atoms with Crippen molar-refractivity contribution in [3.8, 4) is 0 Å². The zero-order valence-corrected chi connectivity index (χ0v) is 24.7. The summed E-state index contributed by atoms with van der Waals surface area (Å²) in [6, 6.07) is 7.07. The van der Waals surface area contributed by atoms with E-state index in [2.05, 4.69) is 20.9 Å². The second-order valence-electron chi connectivity index (χ2n) is 10.4. The molecule has 0 spiro atoms. The minimum atomic E-state index is -0.920. The number of carbonyl (C=O) groups excluding carboxylic acids is 5. The molecule has 0 unspecified atom stereocenters. The van der Waals surface area contributed by atoms with Crippen LogP contribution in [0.4, 0.5) is 0 Å². The normalized spacial score (nSPS) is 17.3. The van der Waals surface area contributed by atoms with Crippen LogP contribution in [0.3, 0.4) is 0 Å². The van der Waals surface area contributed by atoms with Gasteiger partial charge in [-0.1, -0.05) is 36.4 Å². The van der Waals surface area contributed by atoms with Crippen LogP contribution in [0.5, 0.6) is 0 Å². The molecule has 1 saturated heterocycles. The maximum Gasteiger partial charge on any atom is 0.330 e. The number of likely N-dealkylation sites (tertiary alicyclic amines) is 1. The van der Waals surface area contributed by atoms with Gasteiger partial charge in [0.1, 0.15) is 12.1 Å². The summed E-state index contributed by atoms with van der Waals surface area (Å²) in [6.45, 7) is 5.31. The van der Waals surface area contributed by atoms with Crippen LogP contribution >= 0.6 is 0 Å². The van der Waals surface area contributed by atoms with Crippen LogP contribution in [-0.4, -0.2) is 78.4 Å². The molecule has 42 heavy (non-hydrogen) atoms. The van der Waals surface area contributed by atoms with Gasteiger partial charge in [-0.15, -0.1) is 0 Å². The van der Waals surface area contributed by atoms with Gasteiger partial charge < -0.3 is 32.2 Å². The van der Waals surface area contributed by atoms with Crippen molar-refractivity contribution < 1.29 is 28.7 Å². The topological polar surface area (TPSA) is 186 Å². The molecule has 12 nitrogen and oxygen atoms in total. The molecule has 2 rings (SSSR count). The SMILES string of the molecule is CCOC(=O)/C=C/[C@H](CCC(N)=O)NC(=O)[C@H](CCCCN)NC(=O)[C@H](C)NC(=O)[C@@H]1CCCN1Cc1ccccc1. The van der Waals surface area contributed by atoms with E-state index >= 15 is 0 Å². The minimum Gasteiger partial charge on any atom is -0.463 e.